The number of aromatic carboxylic acids is 1. The molecular formula is C30H27N3O7. The molecule has 1 aromatic heterocycles. The second-order valence-corrected chi connectivity index (χ2v) is 9.77. The number of aromatic nitrogens is 2. The van der Waals surface area contributed by atoms with Gasteiger partial charge in [-0.3, -0.25) is 14.5 Å². The van der Waals surface area contributed by atoms with E-state index in [4.69, 9.17) is 9.47 Å². The van der Waals surface area contributed by atoms with Crippen LogP contribution in [0.4, 0.5) is 5.95 Å². The van der Waals surface area contributed by atoms with Gasteiger partial charge in [0, 0.05) is 5.56 Å². The minimum absolute atomic E-state index is 0.0314. The molecule has 40 heavy (non-hydrogen) atoms. The molecule has 204 valence electrons. The highest BCUT2D eigenvalue weighted by Crippen LogP contribution is 2.42. The van der Waals surface area contributed by atoms with Crippen molar-refractivity contribution in [2.24, 2.45) is 5.92 Å². The van der Waals surface area contributed by atoms with Crippen LogP contribution in [-0.2, 0) is 9.59 Å². The van der Waals surface area contributed by atoms with Crippen molar-refractivity contribution in [3.05, 3.63) is 89.0 Å². The Hall–Kier alpha value is -5.12. The molecular weight excluding hydrogens is 514 g/mol. The number of H-pyrrole nitrogens is 1. The van der Waals surface area contributed by atoms with Crippen LogP contribution in [-0.4, -0.2) is 51.6 Å². The third-order valence-electron chi connectivity index (χ3n) is 6.51. The van der Waals surface area contributed by atoms with Gasteiger partial charge in [-0.05, 0) is 66.1 Å². The lowest BCUT2D eigenvalue weighted by molar-refractivity contribution is -0.132. The monoisotopic (exact) mass is 541 g/mol. The first-order chi connectivity index (χ1) is 19.2. The van der Waals surface area contributed by atoms with Crippen LogP contribution in [0.5, 0.6) is 11.5 Å². The number of carbonyl (C=O) groups excluding carboxylic acids is 2. The van der Waals surface area contributed by atoms with Gasteiger partial charge in [0.25, 0.3) is 5.78 Å². The normalized spacial score (nSPS) is 16.6. The molecule has 0 bridgehead atoms. The fraction of sp³-hybridized carbons (Fsp3) is 0.200. The van der Waals surface area contributed by atoms with Gasteiger partial charge < -0.3 is 24.7 Å². The minimum Gasteiger partial charge on any atom is -0.507 e. The summed E-state index contributed by atoms with van der Waals surface area (Å²) >= 11 is 0. The molecule has 4 aromatic rings. The number of amides is 1. The van der Waals surface area contributed by atoms with Gasteiger partial charge in [0.15, 0.2) is 0 Å². The molecule has 0 radical (unpaired) electrons. The zero-order valence-corrected chi connectivity index (χ0v) is 22.0. The number of benzene rings is 3. The number of nitrogens with one attached hydrogen (secondary N) is 1. The van der Waals surface area contributed by atoms with Crippen molar-refractivity contribution in [3.8, 4) is 11.5 Å². The maximum atomic E-state index is 13.5. The van der Waals surface area contributed by atoms with Crippen molar-refractivity contribution >= 4 is 40.4 Å². The van der Waals surface area contributed by atoms with Gasteiger partial charge in [-0.1, -0.05) is 26.0 Å². The van der Waals surface area contributed by atoms with Crippen molar-refractivity contribution in [2.45, 2.75) is 19.9 Å². The van der Waals surface area contributed by atoms with E-state index >= 15 is 0 Å². The van der Waals surface area contributed by atoms with Crippen molar-refractivity contribution in [1.82, 2.24) is 9.97 Å². The summed E-state index contributed by atoms with van der Waals surface area (Å²) < 4.78 is 11.1. The van der Waals surface area contributed by atoms with E-state index in [1.54, 1.807) is 48.5 Å². The Kier molecular flexibility index (Phi) is 7.00. The number of aliphatic hydroxyl groups is 1. The first kappa shape index (κ1) is 26.5. The molecule has 2 heterocycles. The summed E-state index contributed by atoms with van der Waals surface area (Å²) in [5.41, 5.74) is 1.53. The van der Waals surface area contributed by atoms with E-state index in [-0.39, 0.29) is 22.8 Å². The number of nitrogens with zero attached hydrogens (tertiary/aromatic N) is 2. The molecule has 1 aliphatic heterocycles. The number of Topliss-reactive ketones (excluding diaryl/α,β-unsaturated/α-hetero) is 1. The van der Waals surface area contributed by atoms with Crippen molar-refractivity contribution < 1.29 is 34.1 Å². The number of aromatic amines is 1. The summed E-state index contributed by atoms with van der Waals surface area (Å²) in [6.45, 7) is 4.59. The number of methoxy groups -OCH3 is 1. The smallest absolute Gasteiger partial charge is 0.335 e. The summed E-state index contributed by atoms with van der Waals surface area (Å²) in [6, 6.07) is 16.7. The lowest BCUT2D eigenvalue weighted by atomic mass is 9.95. The predicted octanol–water partition coefficient (Wildman–Crippen LogP) is 4.93. The fourth-order valence-electron chi connectivity index (χ4n) is 4.55. The Morgan fingerprint density at radius 1 is 1.00 bits per heavy atom. The molecule has 1 saturated heterocycles. The SMILES string of the molecule is COc1cccc(C2/C(=C(\O)c3ccc(OCC(C)C)cc3)C(=O)C(=O)N2c2nc3ccc(C(=O)O)cc3[nH]2)c1. The van der Waals surface area contributed by atoms with E-state index < -0.39 is 23.7 Å². The van der Waals surface area contributed by atoms with E-state index in [9.17, 15) is 24.6 Å². The van der Waals surface area contributed by atoms with Crippen LogP contribution in [0.25, 0.3) is 16.8 Å². The summed E-state index contributed by atoms with van der Waals surface area (Å²) in [4.78, 5) is 47.0. The highest BCUT2D eigenvalue weighted by Gasteiger charge is 2.48. The van der Waals surface area contributed by atoms with Gasteiger partial charge in [-0.15, -0.1) is 0 Å². The molecule has 3 N–H and O–H groups in total. The van der Waals surface area contributed by atoms with Crippen LogP contribution in [0.2, 0.25) is 0 Å². The average molecular weight is 542 g/mol. The summed E-state index contributed by atoms with van der Waals surface area (Å²) in [6.07, 6.45) is 0. The molecule has 1 aliphatic rings. The third-order valence-corrected chi connectivity index (χ3v) is 6.51. The van der Waals surface area contributed by atoms with Crippen molar-refractivity contribution in [3.63, 3.8) is 0 Å². The standard InChI is InChI=1S/C30H27N3O7/c1-16(2)15-40-20-10-7-17(8-11-20)26(34)24-25(18-5-4-6-21(13-18)39-3)33(28(36)27(24)35)30-31-22-12-9-19(29(37)38)14-23(22)32-30/h4-14,16,25,34H,15H2,1-3H3,(H,31,32)(H,37,38)/b26-24+. The molecule has 1 amide bonds. The maximum absolute atomic E-state index is 13.5. The summed E-state index contributed by atoms with van der Waals surface area (Å²) in [7, 11) is 1.50. The maximum Gasteiger partial charge on any atom is 0.335 e. The molecule has 0 aliphatic carbocycles. The molecule has 1 atom stereocenters. The van der Waals surface area contributed by atoms with E-state index in [1.807, 2.05) is 13.8 Å². The van der Waals surface area contributed by atoms with E-state index in [2.05, 4.69) is 9.97 Å². The van der Waals surface area contributed by atoms with E-state index in [1.165, 1.54) is 30.2 Å². The first-order valence-electron chi connectivity index (χ1n) is 12.6. The van der Waals surface area contributed by atoms with Crippen molar-refractivity contribution in [1.29, 1.82) is 0 Å². The Morgan fingerprint density at radius 2 is 1.73 bits per heavy atom. The van der Waals surface area contributed by atoms with Crippen LogP contribution in [0, 0.1) is 5.92 Å². The number of rotatable bonds is 8. The number of ketones is 1. The van der Waals surface area contributed by atoms with Gasteiger partial charge in [0.1, 0.15) is 17.3 Å². The number of aliphatic hydroxyl groups excluding tert-OH is 1. The average Bonchev–Trinajstić information content (AvgIpc) is 3.49. The number of hydrogen-bond donors (Lipinski definition) is 3. The number of carbonyl (C=O) groups is 3. The Balaban J connectivity index is 1.64. The fourth-order valence-corrected chi connectivity index (χ4v) is 4.55. The largest absolute Gasteiger partial charge is 0.507 e. The van der Waals surface area contributed by atoms with Crippen LogP contribution < -0.4 is 14.4 Å². The molecule has 0 spiro atoms. The Labute approximate surface area is 229 Å². The molecule has 3 aromatic carbocycles. The van der Waals surface area contributed by atoms with E-state index in [0.29, 0.717) is 46.2 Å². The number of carboxylic acids is 1. The number of carboxylic acid groups (broad SMARTS) is 1. The molecule has 10 heteroatoms. The molecule has 1 fully saturated rings. The van der Waals surface area contributed by atoms with Gasteiger partial charge >= 0.3 is 11.9 Å². The molecule has 10 nitrogen and oxygen atoms in total. The Bertz CT molecular complexity index is 1650. The quantitative estimate of drug-likeness (QED) is 0.162. The summed E-state index contributed by atoms with van der Waals surface area (Å²) in [5.74, 6) is -1.79. The second kappa shape index (κ2) is 10.6. The van der Waals surface area contributed by atoms with Gasteiger partial charge in [-0.25, -0.2) is 9.78 Å². The van der Waals surface area contributed by atoms with Crippen molar-refractivity contribution in [2.75, 3.05) is 18.6 Å². The first-order valence-corrected chi connectivity index (χ1v) is 12.6. The predicted molar refractivity (Wildman–Crippen MR) is 148 cm³/mol. The number of fused-ring (bicyclic) bond motifs is 1. The summed E-state index contributed by atoms with van der Waals surface area (Å²) in [5, 5.41) is 20.7. The topological polar surface area (TPSA) is 142 Å². The number of anilines is 1. The van der Waals surface area contributed by atoms with E-state index in [0.717, 1.165) is 0 Å². The van der Waals surface area contributed by atoms with Gasteiger partial charge in [0.05, 0.1) is 41.9 Å². The van der Waals surface area contributed by atoms with Crippen LogP contribution >= 0.6 is 0 Å². The minimum atomic E-state index is -1.12. The number of imidazole rings is 1. The zero-order chi connectivity index (χ0) is 28.6. The lowest BCUT2D eigenvalue weighted by Gasteiger charge is -2.23. The third kappa shape index (κ3) is 4.86. The van der Waals surface area contributed by atoms with Crippen LogP contribution in [0.1, 0.15) is 41.4 Å². The van der Waals surface area contributed by atoms with Crippen LogP contribution in [0.3, 0.4) is 0 Å². The highest BCUT2D eigenvalue weighted by molar-refractivity contribution is 6.51. The lowest BCUT2D eigenvalue weighted by Crippen LogP contribution is -2.30. The molecule has 1 unspecified atom stereocenters. The van der Waals surface area contributed by atoms with Gasteiger partial charge in [0.2, 0.25) is 5.95 Å². The number of hydrogen-bond acceptors (Lipinski definition) is 7. The molecule has 5 rings (SSSR count). The van der Waals surface area contributed by atoms with Gasteiger partial charge in [-0.2, -0.15) is 0 Å². The molecule has 0 saturated carbocycles. The Morgan fingerprint density at radius 3 is 2.40 bits per heavy atom. The second-order valence-electron chi connectivity index (χ2n) is 9.77. The highest BCUT2D eigenvalue weighted by atomic mass is 16.5. The van der Waals surface area contributed by atoms with Crippen LogP contribution in [0.15, 0.2) is 72.3 Å². The zero-order valence-electron chi connectivity index (χ0n) is 22.0. The number of ether oxygens (including phenoxy) is 2.